The molecule has 0 aliphatic carbocycles. The lowest BCUT2D eigenvalue weighted by atomic mass is 10.2. The lowest BCUT2D eigenvalue weighted by molar-refractivity contribution is 1.33. The summed E-state index contributed by atoms with van der Waals surface area (Å²) < 4.78 is 0. The maximum atomic E-state index is 8.52. The van der Waals surface area contributed by atoms with Crippen LogP contribution in [0, 0.1) is 0 Å². The van der Waals surface area contributed by atoms with Gasteiger partial charge in [-0.05, 0) is 11.6 Å². The molecule has 1 aromatic heterocycles. The molecule has 1 heterocycles. The minimum absolute atomic E-state index is 0.536. The number of aromatic nitrogens is 2. The van der Waals surface area contributed by atoms with Gasteiger partial charge in [0.15, 0.2) is 0 Å². The largest absolute Gasteiger partial charge is 0.338 e. The third-order valence-corrected chi connectivity index (χ3v) is 2.69. The first-order valence-corrected chi connectivity index (χ1v) is 5.48. The van der Waals surface area contributed by atoms with E-state index in [0.717, 1.165) is 16.9 Å². The lowest BCUT2D eigenvalue weighted by Crippen LogP contribution is -1.77. The monoisotopic (exact) mass is 235 g/mol. The standard InChI is InChI=1S/C13H9N5/c14-18-17-11-8-4-7-10-12(11)16-13(15-10)9-5-2-1-3-6-9/h1-8H,(H,15,16). The third-order valence-electron chi connectivity index (χ3n) is 2.69. The van der Waals surface area contributed by atoms with E-state index in [2.05, 4.69) is 20.0 Å². The highest BCUT2D eigenvalue weighted by molar-refractivity contribution is 5.88. The van der Waals surface area contributed by atoms with Crippen molar-refractivity contribution in [3.63, 3.8) is 0 Å². The number of fused-ring (bicyclic) bond motifs is 1. The van der Waals surface area contributed by atoms with E-state index in [4.69, 9.17) is 5.53 Å². The molecule has 0 unspecified atom stereocenters. The molecule has 1 N–H and O–H groups in total. The van der Waals surface area contributed by atoms with Gasteiger partial charge in [-0.15, -0.1) is 0 Å². The fourth-order valence-electron chi connectivity index (χ4n) is 1.88. The Labute approximate surface area is 103 Å². The van der Waals surface area contributed by atoms with Gasteiger partial charge in [0.25, 0.3) is 0 Å². The van der Waals surface area contributed by atoms with E-state index in [-0.39, 0.29) is 0 Å². The first-order chi connectivity index (χ1) is 8.88. The molecule has 86 valence electrons. The molecule has 0 saturated heterocycles. The van der Waals surface area contributed by atoms with Gasteiger partial charge in [0.05, 0.1) is 16.7 Å². The van der Waals surface area contributed by atoms with Crippen LogP contribution < -0.4 is 0 Å². The second-order valence-electron chi connectivity index (χ2n) is 3.81. The number of benzene rings is 2. The molecule has 18 heavy (non-hydrogen) atoms. The van der Waals surface area contributed by atoms with Crippen LogP contribution in [0.25, 0.3) is 32.9 Å². The second-order valence-corrected chi connectivity index (χ2v) is 3.81. The highest BCUT2D eigenvalue weighted by Gasteiger charge is 2.07. The second kappa shape index (κ2) is 4.24. The Bertz CT molecular complexity index is 738. The molecule has 0 bridgehead atoms. The fraction of sp³-hybridized carbons (Fsp3) is 0. The Kier molecular flexibility index (Phi) is 2.44. The third kappa shape index (κ3) is 1.69. The van der Waals surface area contributed by atoms with Crippen molar-refractivity contribution in [3.05, 3.63) is 59.0 Å². The van der Waals surface area contributed by atoms with Crippen molar-refractivity contribution in [1.29, 1.82) is 0 Å². The Morgan fingerprint density at radius 2 is 1.89 bits per heavy atom. The van der Waals surface area contributed by atoms with Crippen molar-refractivity contribution in [1.82, 2.24) is 9.97 Å². The molecule has 0 fully saturated rings. The van der Waals surface area contributed by atoms with Crippen LogP contribution in [0.3, 0.4) is 0 Å². The molecule has 3 rings (SSSR count). The molecule has 0 aliphatic rings. The van der Waals surface area contributed by atoms with Crippen molar-refractivity contribution in [2.24, 2.45) is 5.11 Å². The number of para-hydroxylation sites is 1. The van der Waals surface area contributed by atoms with Crippen LogP contribution in [0.2, 0.25) is 0 Å². The predicted octanol–water partition coefficient (Wildman–Crippen LogP) is 4.17. The Balaban J connectivity index is 2.23. The number of hydrogen-bond acceptors (Lipinski definition) is 2. The van der Waals surface area contributed by atoms with Crippen LogP contribution >= 0.6 is 0 Å². The van der Waals surface area contributed by atoms with Crippen LogP contribution in [0.1, 0.15) is 0 Å². The predicted molar refractivity (Wildman–Crippen MR) is 70.3 cm³/mol. The van der Waals surface area contributed by atoms with Gasteiger partial charge in [-0.25, -0.2) is 4.98 Å². The Morgan fingerprint density at radius 3 is 2.67 bits per heavy atom. The molecule has 2 aromatic carbocycles. The summed E-state index contributed by atoms with van der Waals surface area (Å²) in [6.45, 7) is 0. The van der Waals surface area contributed by atoms with E-state index in [0.29, 0.717) is 11.2 Å². The molecule has 5 heteroatoms. The number of H-pyrrole nitrogens is 1. The zero-order chi connectivity index (χ0) is 12.4. The van der Waals surface area contributed by atoms with Gasteiger partial charge >= 0.3 is 0 Å². The number of hydrogen-bond donors (Lipinski definition) is 1. The summed E-state index contributed by atoms with van der Waals surface area (Å²) >= 11 is 0. The first kappa shape index (κ1) is 10.4. The van der Waals surface area contributed by atoms with Gasteiger partial charge in [-0.2, -0.15) is 0 Å². The van der Waals surface area contributed by atoms with Crippen LogP contribution in [0.5, 0.6) is 0 Å². The summed E-state index contributed by atoms with van der Waals surface area (Å²) in [6.07, 6.45) is 0. The van der Waals surface area contributed by atoms with E-state index >= 15 is 0 Å². The van der Waals surface area contributed by atoms with Gasteiger partial charge in [-0.3, -0.25) is 0 Å². The topological polar surface area (TPSA) is 77.4 Å². The van der Waals surface area contributed by atoms with Crippen molar-refractivity contribution in [3.8, 4) is 11.4 Å². The summed E-state index contributed by atoms with van der Waals surface area (Å²) in [5.74, 6) is 0.770. The fourth-order valence-corrected chi connectivity index (χ4v) is 1.88. The molecule has 3 aromatic rings. The first-order valence-electron chi connectivity index (χ1n) is 5.48. The zero-order valence-electron chi connectivity index (χ0n) is 9.41. The summed E-state index contributed by atoms with van der Waals surface area (Å²) in [5, 5.41) is 3.64. The maximum Gasteiger partial charge on any atom is 0.138 e. The van der Waals surface area contributed by atoms with Gasteiger partial charge in [0.2, 0.25) is 0 Å². The van der Waals surface area contributed by atoms with Crippen LogP contribution in [-0.2, 0) is 0 Å². The number of imidazole rings is 1. The van der Waals surface area contributed by atoms with Crippen molar-refractivity contribution in [2.75, 3.05) is 0 Å². The van der Waals surface area contributed by atoms with Crippen molar-refractivity contribution < 1.29 is 0 Å². The summed E-state index contributed by atoms with van der Waals surface area (Å²) in [6, 6.07) is 15.3. The van der Waals surface area contributed by atoms with Gasteiger partial charge in [0, 0.05) is 10.5 Å². The quantitative estimate of drug-likeness (QED) is 0.404. The van der Waals surface area contributed by atoms with Crippen LogP contribution in [0.15, 0.2) is 53.6 Å². The van der Waals surface area contributed by atoms with Crippen LogP contribution in [0.4, 0.5) is 5.69 Å². The summed E-state index contributed by atoms with van der Waals surface area (Å²) in [4.78, 5) is 10.5. The molecule has 0 radical (unpaired) electrons. The van der Waals surface area contributed by atoms with E-state index in [1.165, 1.54) is 0 Å². The van der Waals surface area contributed by atoms with E-state index < -0.39 is 0 Å². The van der Waals surface area contributed by atoms with E-state index in [1.54, 1.807) is 6.07 Å². The molecule has 0 spiro atoms. The van der Waals surface area contributed by atoms with Crippen molar-refractivity contribution >= 4 is 16.7 Å². The van der Waals surface area contributed by atoms with Gasteiger partial charge < -0.3 is 4.98 Å². The molecular weight excluding hydrogens is 226 g/mol. The lowest BCUT2D eigenvalue weighted by Gasteiger charge is -1.93. The number of nitrogens with one attached hydrogen (secondary N) is 1. The summed E-state index contributed by atoms with van der Waals surface area (Å²) in [7, 11) is 0. The summed E-state index contributed by atoms with van der Waals surface area (Å²) in [5.41, 5.74) is 11.6. The highest BCUT2D eigenvalue weighted by Crippen LogP contribution is 2.27. The minimum Gasteiger partial charge on any atom is -0.338 e. The van der Waals surface area contributed by atoms with Gasteiger partial charge in [-0.1, -0.05) is 47.6 Å². The number of aromatic amines is 1. The number of rotatable bonds is 2. The minimum atomic E-state index is 0.536. The molecule has 0 amide bonds. The highest BCUT2D eigenvalue weighted by atomic mass is 15.1. The normalized spacial score (nSPS) is 10.2. The SMILES string of the molecule is [N-]=[N+]=Nc1cccc2[nH]c(-c3ccccc3)nc12. The number of nitrogens with zero attached hydrogens (tertiary/aromatic N) is 4. The molecule has 0 aliphatic heterocycles. The van der Waals surface area contributed by atoms with Crippen LogP contribution in [-0.4, -0.2) is 9.97 Å². The Morgan fingerprint density at radius 1 is 1.06 bits per heavy atom. The zero-order valence-corrected chi connectivity index (χ0v) is 9.41. The molecular formula is C13H9N5. The number of azide groups is 1. The smallest absolute Gasteiger partial charge is 0.138 e. The van der Waals surface area contributed by atoms with Gasteiger partial charge in [0.1, 0.15) is 5.82 Å². The van der Waals surface area contributed by atoms with E-state index in [1.807, 2.05) is 42.5 Å². The molecule has 0 atom stereocenters. The molecule has 5 nitrogen and oxygen atoms in total. The van der Waals surface area contributed by atoms with Crippen molar-refractivity contribution in [2.45, 2.75) is 0 Å². The van der Waals surface area contributed by atoms with E-state index in [9.17, 15) is 0 Å². The average molecular weight is 235 g/mol. The maximum absolute atomic E-state index is 8.52. The Hall–Kier alpha value is -2.78. The molecule has 0 saturated carbocycles. The average Bonchev–Trinajstić information content (AvgIpc) is 2.85.